The van der Waals surface area contributed by atoms with Crippen molar-refractivity contribution in [2.75, 3.05) is 23.8 Å². The van der Waals surface area contributed by atoms with E-state index in [1.54, 1.807) is 42.5 Å². The maximum atomic E-state index is 11.8. The van der Waals surface area contributed by atoms with Crippen LogP contribution >= 0.6 is 23.2 Å². The second kappa shape index (κ2) is 10.4. The quantitative estimate of drug-likeness (QED) is 0.607. The van der Waals surface area contributed by atoms with Gasteiger partial charge in [0.05, 0.1) is 22.2 Å². The Morgan fingerprint density at radius 3 is 2.22 bits per heavy atom. The highest BCUT2D eigenvalue weighted by molar-refractivity contribution is 6.39. The number of hydrogen-bond donors (Lipinski definition) is 3. The summed E-state index contributed by atoms with van der Waals surface area (Å²) in [4.78, 5) is 35.1. The number of benzene rings is 2. The predicted molar refractivity (Wildman–Crippen MR) is 104 cm³/mol. The van der Waals surface area contributed by atoms with Crippen molar-refractivity contribution in [2.24, 2.45) is 0 Å². The lowest BCUT2D eigenvalue weighted by Crippen LogP contribution is -2.31. The lowest BCUT2D eigenvalue weighted by molar-refractivity contribution is -0.147. The SMILES string of the molecule is O=C(COC(=O)CCNC(=O)Nc1ccccc1)Nc1c(Cl)cccc1Cl. The molecular weight excluding hydrogens is 393 g/mol. The summed E-state index contributed by atoms with van der Waals surface area (Å²) in [5, 5.41) is 8.15. The molecule has 9 heteroatoms. The number of para-hydroxylation sites is 2. The highest BCUT2D eigenvalue weighted by atomic mass is 35.5. The molecule has 0 aliphatic heterocycles. The van der Waals surface area contributed by atoms with Crippen molar-refractivity contribution in [2.45, 2.75) is 6.42 Å². The third kappa shape index (κ3) is 7.16. The van der Waals surface area contributed by atoms with E-state index in [1.165, 1.54) is 0 Å². The summed E-state index contributed by atoms with van der Waals surface area (Å²) >= 11 is 11.9. The molecule has 0 radical (unpaired) electrons. The molecule has 3 amide bonds. The molecule has 0 fully saturated rings. The van der Waals surface area contributed by atoms with Gasteiger partial charge in [0.15, 0.2) is 6.61 Å². The molecule has 3 N–H and O–H groups in total. The van der Waals surface area contributed by atoms with Gasteiger partial charge in [-0.1, -0.05) is 47.5 Å². The maximum Gasteiger partial charge on any atom is 0.319 e. The van der Waals surface area contributed by atoms with E-state index in [9.17, 15) is 14.4 Å². The molecule has 2 rings (SSSR count). The van der Waals surface area contributed by atoms with Gasteiger partial charge in [0.1, 0.15) is 0 Å². The summed E-state index contributed by atoms with van der Waals surface area (Å²) < 4.78 is 4.85. The molecular formula is C18H17Cl2N3O4. The minimum absolute atomic E-state index is 0.0649. The smallest absolute Gasteiger partial charge is 0.319 e. The third-order valence-corrected chi connectivity index (χ3v) is 3.87. The van der Waals surface area contributed by atoms with Gasteiger partial charge in [0, 0.05) is 12.2 Å². The fraction of sp³-hybridized carbons (Fsp3) is 0.167. The van der Waals surface area contributed by atoms with Gasteiger partial charge in [0.25, 0.3) is 5.91 Å². The topological polar surface area (TPSA) is 96.5 Å². The van der Waals surface area contributed by atoms with E-state index in [-0.39, 0.29) is 28.7 Å². The van der Waals surface area contributed by atoms with Crippen LogP contribution in [0, 0.1) is 0 Å². The highest BCUT2D eigenvalue weighted by Crippen LogP contribution is 2.29. The molecule has 0 saturated heterocycles. The predicted octanol–water partition coefficient (Wildman–Crippen LogP) is 3.69. The standard InChI is InChI=1S/C18H17Cl2N3O4/c19-13-7-4-8-14(20)17(13)23-15(24)11-27-16(25)9-10-21-18(26)22-12-5-2-1-3-6-12/h1-8H,9-11H2,(H,23,24)(H2,21,22,26). The van der Waals surface area contributed by atoms with Crippen LogP contribution in [-0.2, 0) is 14.3 Å². The Bertz CT molecular complexity index is 795. The molecule has 0 atom stereocenters. The Kier molecular flexibility index (Phi) is 7.91. The summed E-state index contributed by atoms with van der Waals surface area (Å²) in [6, 6.07) is 13.2. The molecule has 0 spiro atoms. The van der Waals surface area contributed by atoms with Gasteiger partial charge in [-0.3, -0.25) is 9.59 Å². The number of urea groups is 1. The minimum atomic E-state index is -0.629. The van der Waals surface area contributed by atoms with Crippen molar-refractivity contribution in [3.8, 4) is 0 Å². The summed E-state index contributed by atoms with van der Waals surface area (Å²) in [6.07, 6.45) is -0.0810. The molecule has 27 heavy (non-hydrogen) atoms. The van der Waals surface area contributed by atoms with E-state index < -0.39 is 24.5 Å². The first-order chi connectivity index (χ1) is 13.0. The van der Waals surface area contributed by atoms with Crippen molar-refractivity contribution < 1.29 is 19.1 Å². The number of hydrogen-bond acceptors (Lipinski definition) is 4. The zero-order valence-electron chi connectivity index (χ0n) is 14.1. The Morgan fingerprint density at radius 1 is 0.889 bits per heavy atom. The fourth-order valence-electron chi connectivity index (χ4n) is 1.99. The van der Waals surface area contributed by atoms with Gasteiger partial charge < -0.3 is 20.7 Å². The molecule has 7 nitrogen and oxygen atoms in total. The molecule has 0 aromatic heterocycles. The highest BCUT2D eigenvalue weighted by Gasteiger charge is 2.12. The first kappa shape index (κ1) is 20.5. The Hall–Kier alpha value is -2.77. The Morgan fingerprint density at radius 2 is 1.56 bits per heavy atom. The van der Waals surface area contributed by atoms with Crippen molar-refractivity contribution in [1.82, 2.24) is 5.32 Å². The number of esters is 1. The second-order valence-electron chi connectivity index (χ2n) is 5.30. The molecule has 0 aliphatic carbocycles. The van der Waals surface area contributed by atoms with Crippen LogP contribution < -0.4 is 16.0 Å². The van der Waals surface area contributed by atoms with E-state index in [0.717, 1.165) is 0 Å². The number of nitrogens with one attached hydrogen (secondary N) is 3. The molecule has 142 valence electrons. The lowest BCUT2D eigenvalue weighted by Gasteiger charge is -2.10. The number of ether oxygens (including phenoxy) is 1. The van der Waals surface area contributed by atoms with Crippen molar-refractivity contribution in [1.29, 1.82) is 0 Å². The zero-order chi connectivity index (χ0) is 19.6. The van der Waals surface area contributed by atoms with E-state index in [0.29, 0.717) is 5.69 Å². The van der Waals surface area contributed by atoms with Crippen molar-refractivity contribution in [3.05, 3.63) is 58.6 Å². The zero-order valence-corrected chi connectivity index (χ0v) is 15.6. The van der Waals surface area contributed by atoms with Crippen molar-refractivity contribution >= 4 is 52.5 Å². The molecule has 0 bridgehead atoms. The second-order valence-corrected chi connectivity index (χ2v) is 6.12. The molecule has 2 aromatic carbocycles. The summed E-state index contributed by atoms with van der Waals surface area (Å²) in [5.41, 5.74) is 0.883. The fourth-order valence-corrected chi connectivity index (χ4v) is 2.48. The van der Waals surface area contributed by atoms with E-state index in [1.807, 2.05) is 6.07 Å². The van der Waals surface area contributed by atoms with Crippen LogP contribution in [0.2, 0.25) is 10.0 Å². The van der Waals surface area contributed by atoms with Crippen LogP contribution in [0.25, 0.3) is 0 Å². The molecule has 0 saturated carbocycles. The van der Waals surface area contributed by atoms with E-state index >= 15 is 0 Å². The average molecular weight is 410 g/mol. The van der Waals surface area contributed by atoms with Crippen LogP contribution in [0.3, 0.4) is 0 Å². The Balaban J connectivity index is 1.65. The maximum absolute atomic E-state index is 11.8. The van der Waals surface area contributed by atoms with Crippen LogP contribution in [0.15, 0.2) is 48.5 Å². The summed E-state index contributed by atoms with van der Waals surface area (Å²) in [6.45, 7) is -0.425. The number of carbonyl (C=O) groups excluding carboxylic acids is 3. The van der Waals surface area contributed by atoms with Crippen molar-refractivity contribution in [3.63, 3.8) is 0 Å². The van der Waals surface area contributed by atoms with E-state index in [2.05, 4.69) is 16.0 Å². The van der Waals surface area contributed by atoms with Gasteiger partial charge >= 0.3 is 12.0 Å². The van der Waals surface area contributed by atoms with Crippen LogP contribution in [0.5, 0.6) is 0 Å². The molecule has 0 heterocycles. The third-order valence-electron chi connectivity index (χ3n) is 3.24. The van der Waals surface area contributed by atoms with Gasteiger partial charge in [0.2, 0.25) is 0 Å². The summed E-state index contributed by atoms with van der Waals surface area (Å²) in [7, 11) is 0. The number of carbonyl (C=O) groups is 3. The van der Waals surface area contributed by atoms with Crippen LogP contribution in [-0.4, -0.2) is 31.1 Å². The first-order valence-corrected chi connectivity index (χ1v) is 8.70. The average Bonchev–Trinajstić information content (AvgIpc) is 2.64. The van der Waals surface area contributed by atoms with Gasteiger partial charge in [-0.25, -0.2) is 4.79 Å². The minimum Gasteiger partial charge on any atom is -0.456 e. The number of anilines is 2. The van der Waals surface area contributed by atoms with E-state index in [4.69, 9.17) is 27.9 Å². The number of amides is 3. The largest absolute Gasteiger partial charge is 0.456 e. The summed E-state index contributed by atoms with van der Waals surface area (Å²) in [5.74, 6) is -1.21. The molecule has 0 aliphatic rings. The van der Waals surface area contributed by atoms with Gasteiger partial charge in [-0.2, -0.15) is 0 Å². The number of halogens is 2. The first-order valence-electron chi connectivity index (χ1n) is 7.95. The molecule has 2 aromatic rings. The Labute approximate surface area is 166 Å². The molecule has 0 unspecified atom stereocenters. The van der Waals surface area contributed by atoms with Gasteiger partial charge in [-0.15, -0.1) is 0 Å². The van der Waals surface area contributed by atoms with Crippen LogP contribution in [0.4, 0.5) is 16.2 Å². The van der Waals surface area contributed by atoms with Crippen LogP contribution in [0.1, 0.15) is 6.42 Å². The number of rotatable bonds is 7. The van der Waals surface area contributed by atoms with Gasteiger partial charge in [-0.05, 0) is 24.3 Å². The lowest BCUT2D eigenvalue weighted by atomic mass is 10.3. The monoisotopic (exact) mass is 409 g/mol. The normalized spacial score (nSPS) is 10.0.